The van der Waals surface area contributed by atoms with E-state index in [4.69, 9.17) is 20.6 Å². The monoisotopic (exact) mass is 405 g/mol. The number of ether oxygens (including phenoxy) is 2. The van der Waals surface area contributed by atoms with Gasteiger partial charge in [-0.05, 0) is 48.4 Å². The Balaban J connectivity index is 1.86. The van der Waals surface area contributed by atoms with Crippen molar-refractivity contribution in [2.45, 2.75) is 13.5 Å². The molecule has 0 bridgehead atoms. The van der Waals surface area contributed by atoms with Gasteiger partial charge in [0.05, 0.1) is 18.9 Å². The molecule has 7 heteroatoms. The molecule has 0 radical (unpaired) electrons. The molecule has 1 heterocycles. The lowest BCUT2D eigenvalue weighted by Gasteiger charge is -2.07. The van der Waals surface area contributed by atoms with Gasteiger partial charge in [0.25, 0.3) is 5.91 Å². The summed E-state index contributed by atoms with van der Waals surface area (Å²) >= 11 is 0. The van der Waals surface area contributed by atoms with Gasteiger partial charge in [0.1, 0.15) is 0 Å². The summed E-state index contributed by atoms with van der Waals surface area (Å²) in [6, 6.07) is 10.9. The Labute approximate surface area is 174 Å². The molecule has 30 heavy (non-hydrogen) atoms. The number of nitrogens with one attached hydrogen (secondary N) is 2. The van der Waals surface area contributed by atoms with Gasteiger partial charge in [-0.25, -0.2) is 4.79 Å². The number of rotatable bonds is 7. The first-order valence-electron chi connectivity index (χ1n) is 9.41. The third kappa shape index (κ3) is 4.64. The second kappa shape index (κ2) is 9.19. The highest BCUT2D eigenvalue weighted by molar-refractivity contribution is 6.35. The summed E-state index contributed by atoms with van der Waals surface area (Å²) in [5, 5.41) is 11.0. The minimum atomic E-state index is -0.513. The third-order valence-electron chi connectivity index (χ3n) is 4.53. The number of hydrogen-bond acceptors (Lipinski definition) is 6. The lowest BCUT2D eigenvalue weighted by molar-refractivity contribution is -0.137. The molecule has 3 rings (SSSR count). The zero-order valence-corrected chi connectivity index (χ0v) is 16.8. The quantitative estimate of drug-likeness (QED) is 0.283. The van der Waals surface area contributed by atoms with E-state index in [-0.39, 0.29) is 18.2 Å². The van der Waals surface area contributed by atoms with Crippen molar-refractivity contribution < 1.29 is 19.1 Å². The van der Waals surface area contributed by atoms with E-state index < -0.39 is 5.97 Å². The van der Waals surface area contributed by atoms with Crippen LogP contribution >= 0.6 is 0 Å². The van der Waals surface area contributed by atoms with Crippen LogP contribution in [0.5, 0.6) is 0 Å². The van der Waals surface area contributed by atoms with Gasteiger partial charge in [0.15, 0.2) is 0 Å². The molecular formula is C23H23N3O4. The fraction of sp³-hybridized carbons (Fsp3) is 0.174. The van der Waals surface area contributed by atoms with Crippen LogP contribution in [0.15, 0.2) is 48.6 Å². The number of carbonyl (C=O) groups is 2. The molecule has 0 aliphatic carbocycles. The highest BCUT2D eigenvalue weighted by atomic mass is 16.5. The number of benzene rings is 2. The van der Waals surface area contributed by atoms with E-state index in [9.17, 15) is 9.59 Å². The average Bonchev–Trinajstić information content (AvgIpc) is 3.01. The molecule has 0 unspecified atom stereocenters. The summed E-state index contributed by atoms with van der Waals surface area (Å²) < 4.78 is 9.98. The largest absolute Gasteiger partial charge is 0.463 e. The van der Waals surface area contributed by atoms with E-state index in [1.165, 1.54) is 12.2 Å². The van der Waals surface area contributed by atoms with Crippen molar-refractivity contribution in [3.05, 3.63) is 70.8 Å². The maximum Gasteiger partial charge on any atom is 0.330 e. The summed E-state index contributed by atoms with van der Waals surface area (Å²) in [6.07, 6.45) is 4.30. The van der Waals surface area contributed by atoms with Gasteiger partial charge in [-0.2, -0.15) is 0 Å². The molecule has 0 atom stereocenters. The zero-order chi connectivity index (χ0) is 21.7. The number of amides is 1. The van der Waals surface area contributed by atoms with Gasteiger partial charge in [-0.1, -0.05) is 18.2 Å². The number of fused-ring (bicyclic) bond motifs is 1. The number of nitrogens with two attached hydrogens (primary N) is 1. The predicted octanol–water partition coefficient (Wildman–Crippen LogP) is 3.40. The molecular weight excluding hydrogens is 382 g/mol. The zero-order valence-electron chi connectivity index (χ0n) is 16.8. The molecule has 2 aromatic rings. The molecule has 0 aromatic heterocycles. The maximum absolute atomic E-state index is 12.4. The summed E-state index contributed by atoms with van der Waals surface area (Å²) in [6.45, 7) is 2.44. The van der Waals surface area contributed by atoms with E-state index in [0.717, 1.165) is 22.4 Å². The number of carbonyl (C=O) groups excluding carboxylic acids is 2. The van der Waals surface area contributed by atoms with Crippen LogP contribution < -0.4 is 11.1 Å². The standard InChI is InChI=1S/C23H23N3O4/c1-3-30-22(27)9-7-19(24)16-6-4-14(12-20(16)25)10-18-17-11-15(13-29-2)5-8-21(17)26-23(18)28/h4-12,24H,3,13,25H2,1-2H3,(H,26,28)/b9-7+,18-10+,24-19?. The van der Waals surface area contributed by atoms with E-state index in [2.05, 4.69) is 5.32 Å². The van der Waals surface area contributed by atoms with Crippen LogP contribution in [-0.2, 0) is 25.7 Å². The number of methoxy groups -OCH3 is 1. The van der Waals surface area contributed by atoms with Crippen LogP contribution in [0.25, 0.3) is 11.6 Å². The SMILES string of the molecule is CCOC(=O)/C=C/C(=N)c1ccc(/C=C2/C(=O)Nc3ccc(COC)cc32)cc1N. The molecule has 2 aromatic carbocycles. The van der Waals surface area contributed by atoms with Crippen LogP contribution in [0.2, 0.25) is 0 Å². The van der Waals surface area contributed by atoms with Gasteiger partial charge >= 0.3 is 5.97 Å². The Bertz CT molecular complexity index is 1070. The average molecular weight is 405 g/mol. The lowest BCUT2D eigenvalue weighted by atomic mass is 9.99. The highest BCUT2D eigenvalue weighted by Gasteiger charge is 2.24. The van der Waals surface area contributed by atoms with E-state index in [0.29, 0.717) is 23.4 Å². The predicted molar refractivity (Wildman–Crippen MR) is 117 cm³/mol. The second-order valence-corrected chi connectivity index (χ2v) is 6.67. The van der Waals surface area contributed by atoms with Crippen LogP contribution in [0.4, 0.5) is 11.4 Å². The molecule has 1 aliphatic rings. The van der Waals surface area contributed by atoms with Gasteiger partial charge in [-0.15, -0.1) is 0 Å². The van der Waals surface area contributed by atoms with Crippen molar-refractivity contribution in [1.29, 1.82) is 5.41 Å². The number of nitrogen functional groups attached to an aromatic ring is 1. The number of esters is 1. The first kappa shape index (κ1) is 21.0. The van der Waals surface area contributed by atoms with Crippen LogP contribution in [0, 0.1) is 5.41 Å². The molecule has 0 spiro atoms. The molecule has 7 nitrogen and oxygen atoms in total. The molecule has 154 valence electrons. The van der Waals surface area contributed by atoms with Crippen molar-refractivity contribution in [3.63, 3.8) is 0 Å². The number of anilines is 2. The van der Waals surface area contributed by atoms with Gasteiger partial charge in [0, 0.05) is 41.3 Å². The van der Waals surface area contributed by atoms with E-state index >= 15 is 0 Å². The Morgan fingerprint density at radius 2 is 2.00 bits per heavy atom. The summed E-state index contributed by atoms with van der Waals surface area (Å²) in [5.74, 6) is -0.701. The van der Waals surface area contributed by atoms with Crippen molar-refractivity contribution in [2.75, 3.05) is 24.8 Å². The Kier molecular flexibility index (Phi) is 6.44. The first-order chi connectivity index (χ1) is 14.4. The molecule has 4 N–H and O–H groups in total. The first-order valence-corrected chi connectivity index (χ1v) is 9.41. The van der Waals surface area contributed by atoms with Gasteiger partial charge in [-0.3, -0.25) is 4.79 Å². The van der Waals surface area contributed by atoms with Crippen molar-refractivity contribution in [2.24, 2.45) is 0 Å². The number of hydrogen-bond donors (Lipinski definition) is 3. The van der Waals surface area contributed by atoms with Crippen molar-refractivity contribution in [3.8, 4) is 0 Å². The van der Waals surface area contributed by atoms with Gasteiger partial charge < -0.3 is 25.9 Å². The fourth-order valence-electron chi connectivity index (χ4n) is 3.15. The molecule has 0 saturated carbocycles. The highest BCUT2D eigenvalue weighted by Crippen LogP contribution is 2.34. The van der Waals surface area contributed by atoms with E-state index in [1.54, 1.807) is 38.3 Å². The Morgan fingerprint density at radius 3 is 2.70 bits per heavy atom. The van der Waals surface area contributed by atoms with Crippen LogP contribution in [0.3, 0.4) is 0 Å². The van der Waals surface area contributed by atoms with Crippen LogP contribution in [-0.4, -0.2) is 31.3 Å². The summed E-state index contributed by atoms with van der Waals surface area (Å²) in [4.78, 5) is 23.9. The van der Waals surface area contributed by atoms with Crippen LogP contribution in [0.1, 0.15) is 29.2 Å². The molecule has 0 saturated heterocycles. The molecule has 1 aliphatic heterocycles. The third-order valence-corrected chi connectivity index (χ3v) is 4.53. The smallest absolute Gasteiger partial charge is 0.330 e. The van der Waals surface area contributed by atoms with Gasteiger partial charge in [0.2, 0.25) is 0 Å². The Morgan fingerprint density at radius 1 is 1.20 bits per heavy atom. The second-order valence-electron chi connectivity index (χ2n) is 6.67. The lowest BCUT2D eigenvalue weighted by Crippen LogP contribution is -2.05. The molecule has 1 amide bonds. The minimum Gasteiger partial charge on any atom is -0.463 e. The number of allylic oxidation sites excluding steroid dienone is 1. The Hall–Kier alpha value is -3.71. The normalized spacial score (nSPS) is 14.1. The van der Waals surface area contributed by atoms with E-state index in [1.807, 2.05) is 18.2 Å². The van der Waals surface area contributed by atoms with Crippen molar-refractivity contribution >= 4 is 40.6 Å². The topological polar surface area (TPSA) is 114 Å². The molecule has 0 fully saturated rings. The fourth-order valence-corrected chi connectivity index (χ4v) is 3.15. The minimum absolute atomic E-state index is 0.0907. The summed E-state index contributed by atoms with van der Waals surface area (Å²) in [5.41, 5.74) is 10.9. The maximum atomic E-state index is 12.4. The van der Waals surface area contributed by atoms with Crippen molar-refractivity contribution in [1.82, 2.24) is 0 Å². The summed E-state index contributed by atoms with van der Waals surface area (Å²) in [7, 11) is 1.62.